The third kappa shape index (κ3) is 5.20. The van der Waals surface area contributed by atoms with Crippen LogP contribution in [0.3, 0.4) is 0 Å². The molecule has 0 aromatic heterocycles. The Morgan fingerprint density at radius 3 is 2.29 bits per heavy atom. The van der Waals surface area contributed by atoms with Gasteiger partial charge in [0.05, 0.1) is 18.7 Å². The minimum atomic E-state index is -3.99. The first-order valence-corrected chi connectivity index (χ1v) is 12.3. The van der Waals surface area contributed by atoms with Gasteiger partial charge in [-0.3, -0.25) is 14.5 Å². The predicted molar refractivity (Wildman–Crippen MR) is 120 cm³/mol. The number of fused-ring (bicyclic) bond motifs is 1. The van der Waals surface area contributed by atoms with Crippen molar-refractivity contribution >= 4 is 27.9 Å². The van der Waals surface area contributed by atoms with E-state index in [2.05, 4.69) is 10.6 Å². The van der Waals surface area contributed by atoms with Crippen LogP contribution in [-0.2, 0) is 46.4 Å². The van der Waals surface area contributed by atoms with E-state index in [1.165, 1.54) is 0 Å². The molecule has 11 heteroatoms. The molecule has 0 spiro atoms. The van der Waals surface area contributed by atoms with E-state index < -0.39 is 34.1 Å². The average molecular weight is 486 g/mol. The summed E-state index contributed by atoms with van der Waals surface area (Å²) in [5.41, 5.74) is 1.15. The van der Waals surface area contributed by atoms with Gasteiger partial charge in [0, 0.05) is 6.54 Å². The topological polar surface area (TPSA) is 131 Å². The minimum Gasteiger partial charge on any atom is -0.456 e. The molecule has 1 saturated heterocycles. The largest absolute Gasteiger partial charge is 0.456 e. The Bertz CT molecular complexity index is 1230. The van der Waals surface area contributed by atoms with Gasteiger partial charge < -0.3 is 19.6 Å². The molecule has 2 N–H and O–H groups in total. The number of carbonyl (C=O) groups is 3. The summed E-state index contributed by atoms with van der Waals surface area (Å²) in [5.74, 6) is -2.23. The third-order valence-electron chi connectivity index (χ3n) is 5.31. The highest BCUT2D eigenvalue weighted by atomic mass is 32.2. The van der Waals surface area contributed by atoms with Crippen LogP contribution in [0.4, 0.5) is 0 Å². The normalized spacial score (nSPS) is 19.4. The highest BCUT2D eigenvalue weighted by Crippen LogP contribution is 2.31. The van der Waals surface area contributed by atoms with Crippen molar-refractivity contribution in [3.8, 4) is 0 Å². The molecule has 0 bridgehead atoms. The maximum absolute atomic E-state index is 12.9. The lowest BCUT2D eigenvalue weighted by Gasteiger charge is -2.49. The van der Waals surface area contributed by atoms with E-state index in [-0.39, 0.29) is 37.1 Å². The van der Waals surface area contributed by atoms with Crippen molar-refractivity contribution in [2.24, 2.45) is 0 Å². The van der Waals surface area contributed by atoms with E-state index in [0.29, 0.717) is 5.56 Å². The van der Waals surface area contributed by atoms with Crippen LogP contribution >= 0.6 is 0 Å². The highest BCUT2D eigenvalue weighted by Gasteiger charge is 2.55. The monoisotopic (exact) mass is 485 g/mol. The van der Waals surface area contributed by atoms with E-state index in [1.54, 1.807) is 36.4 Å². The second kappa shape index (κ2) is 9.56. The van der Waals surface area contributed by atoms with Crippen LogP contribution in [0, 0.1) is 0 Å². The van der Waals surface area contributed by atoms with Gasteiger partial charge in [-0.25, -0.2) is 4.79 Å². The highest BCUT2D eigenvalue weighted by molar-refractivity contribution is 7.86. The molecule has 1 fully saturated rings. The maximum atomic E-state index is 12.9. The summed E-state index contributed by atoms with van der Waals surface area (Å²) in [6.07, 6.45) is 0.917. The van der Waals surface area contributed by atoms with Gasteiger partial charge in [-0.15, -0.1) is 0 Å². The van der Waals surface area contributed by atoms with Gasteiger partial charge in [0.2, 0.25) is 11.8 Å². The van der Waals surface area contributed by atoms with Gasteiger partial charge in [-0.05, 0) is 11.1 Å². The molecule has 2 heterocycles. The molecule has 10 nitrogen and oxygen atoms in total. The standard InChI is InChI=1S/C23H23N3O7S/c1-34(30,31)33-21-20(23(29)32-14-16-10-6-3-7-11-16)26-17(13-24-21)19(22(26)28)25-18(27)12-15-8-4-2-5-9-15/h2-11,17,19,24H,12-14H2,1H3,(H,25,27)/t17-,19+/m0/s1. The zero-order chi connectivity index (χ0) is 24.3. The van der Waals surface area contributed by atoms with Crippen molar-refractivity contribution < 1.29 is 31.7 Å². The molecule has 4 rings (SSSR count). The van der Waals surface area contributed by atoms with Gasteiger partial charge in [0.15, 0.2) is 5.70 Å². The lowest BCUT2D eigenvalue weighted by atomic mass is 9.91. The number of nitrogens with one attached hydrogen (secondary N) is 2. The molecule has 34 heavy (non-hydrogen) atoms. The number of carbonyl (C=O) groups excluding carboxylic acids is 3. The fraction of sp³-hybridized carbons (Fsp3) is 0.261. The van der Waals surface area contributed by atoms with Crippen molar-refractivity contribution in [3.05, 3.63) is 83.4 Å². The van der Waals surface area contributed by atoms with Crippen molar-refractivity contribution in [2.45, 2.75) is 25.1 Å². The molecular weight excluding hydrogens is 462 g/mol. The Morgan fingerprint density at radius 2 is 1.68 bits per heavy atom. The van der Waals surface area contributed by atoms with Crippen molar-refractivity contribution in [2.75, 3.05) is 12.8 Å². The SMILES string of the molecule is CS(=O)(=O)OC1=C(C(=O)OCc2ccccc2)N2C(=O)[C@H](NC(=O)Cc3ccccc3)[C@@H]2CN1. The van der Waals surface area contributed by atoms with Crippen molar-refractivity contribution in [3.63, 3.8) is 0 Å². The number of rotatable bonds is 8. The lowest BCUT2D eigenvalue weighted by Crippen LogP contribution is -2.75. The van der Waals surface area contributed by atoms with Crippen LogP contribution in [0.5, 0.6) is 0 Å². The molecule has 2 aromatic carbocycles. The number of esters is 1. The van der Waals surface area contributed by atoms with Gasteiger partial charge in [-0.2, -0.15) is 8.42 Å². The Morgan fingerprint density at radius 1 is 1.06 bits per heavy atom. The van der Waals surface area contributed by atoms with Crippen LogP contribution in [0.15, 0.2) is 72.2 Å². The predicted octanol–water partition coefficient (Wildman–Crippen LogP) is 0.417. The van der Waals surface area contributed by atoms with E-state index in [4.69, 9.17) is 8.92 Å². The Kier molecular flexibility index (Phi) is 6.55. The first kappa shape index (κ1) is 23.3. The van der Waals surface area contributed by atoms with Crippen LogP contribution < -0.4 is 10.6 Å². The number of ether oxygens (including phenoxy) is 1. The molecule has 2 aliphatic heterocycles. The van der Waals surface area contributed by atoms with Crippen LogP contribution in [-0.4, -0.2) is 56.0 Å². The Hall–Kier alpha value is -3.86. The molecule has 2 aromatic rings. The third-order valence-corrected chi connectivity index (χ3v) is 5.78. The quantitative estimate of drug-likeness (QED) is 0.312. The number of nitrogens with zero attached hydrogens (tertiary/aromatic N) is 1. The average Bonchev–Trinajstić information content (AvgIpc) is 2.81. The number of hydrogen-bond donors (Lipinski definition) is 2. The Balaban J connectivity index is 1.50. The van der Waals surface area contributed by atoms with Gasteiger partial charge >= 0.3 is 16.1 Å². The van der Waals surface area contributed by atoms with Crippen LogP contribution in [0.1, 0.15) is 11.1 Å². The zero-order valence-electron chi connectivity index (χ0n) is 18.3. The van der Waals surface area contributed by atoms with Crippen LogP contribution in [0.2, 0.25) is 0 Å². The maximum Gasteiger partial charge on any atom is 0.361 e. The molecule has 0 unspecified atom stereocenters. The summed E-state index contributed by atoms with van der Waals surface area (Å²) in [5, 5.41) is 5.43. The minimum absolute atomic E-state index is 0.0718. The fourth-order valence-corrected chi connectivity index (χ4v) is 4.23. The smallest absolute Gasteiger partial charge is 0.361 e. The molecule has 0 radical (unpaired) electrons. The van der Waals surface area contributed by atoms with Crippen molar-refractivity contribution in [1.29, 1.82) is 0 Å². The molecule has 0 aliphatic carbocycles. The summed E-state index contributed by atoms with van der Waals surface area (Å²) < 4.78 is 33.7. The summed E-state index contributed by atoms with van der Waals surface area (Å²) in [6.45, 7) is -0.0123. The molecule has 2 aliphatic rings. The fourth-order valence-electron chi connectivity index (χ4n) is 3.79. The van der Waals surface area contributed by atoms with Gasteiger partial charge in [-0.1, -0.05) is 60.7 Å². The molecule has 178 valence electrons. The van der Waals surface area contributed by atoms with Gasteiger partial charge in [0.1, 0.15) is 12.6 Å². The second-order valence-electron chi connectivity index (χ2n) is 7.89. The molecule has 2 amide bonds. The molecule has 0 saturated carbocycles. The number of hydrogen-bond acceptors (Lipinski definition) is 8. The summed E-state index contributed by atoms with van der Waals surface area (Å²) in [7, 11) is -3.99. The number of β-lactam (4-membered cyclic amide) rings is 1. The first-order valence-electron chi connectivity index (χ1n) is 10.5. The van der Waals surface area contributed by atoms with E-state index >= 15 is 0 Å². The molecular formula is C23H23N3O7S. The number of amides is 2. The van der Waals surface area contributed by atoms with E-state index in [1.807, 2.05) is 24.3 Å². The summed E-state index contributed by atoms with van der Waals surface area (Å²) in [4.78, 5) is 39.4. The summed E-state index contributed by atoms with van der Waals surface area (Å²) >= 11 is 0. The Labute approximate surface area is 196 Å². The first-order chi connectivity index (χ1) is 16.2. The van der Waals surface area contributed by atoms with Gasteiger partial charge in [0.25, 0.3) is 5.91 Å². The number of benzene rings is 2. The second-order valence-corrected chi connectivity index (χ2v) is 9.47. The van der Waals surface area contributed by atoms with E-state index in [0.717, 1.165) is 16.7 Å². The van der Waals surface area contributed by atoms with Crippen molar-refractivity contribution in [1.82, 2.24) is 15.5 Å². The lowest BCUT2D eigenvalue weighted by molar-refractivity contribution is -0.158. The molecule has 2 atom stereocenters. The summed E-state index contributed by atoms with van der Waals surface area (Å²) in [6, 6.07) is 16.5. The van der Waals surface area contributed by atoms with Crippen LogP contribution in [0.25, 0.3) is 0 Å². The van der Waals surface area contributed by atoms with E-state index in [9.17, 15) is 22.8 Å². The zero-order valence-corrected chi connectivity index (χ0v) is 19.1.